The molecule has 2 aromatic carbocycles. The number of ether oxygens (including phenoxy) is 6. The zero-order valence-electron chi connectivity index (χ0n) is 16.3. The lowest BCUT2D eigenvalue weighted by Gasteiger charge is -2.31. The van der Waals surface area contributed by atoms with E-state index in [0.717, 1.165) is 16.7 Å². The minimum atomic E-state index is -0.292. The molecule has 0 saturated carbocycles. The fourth-order valence-corrected chi connectivity index (χ4v) is 4.44. The Labute approximate surface area is 167 Å². The molecule has 2 aromatic rings. The second-order valence-corrected chi connectivity index (χ2v) is 7.04. The molecular formula is C22H20O7. The first kappa shape index (κ1) is 17.7. The largest absolute Gasteiger partial charge is 0.493 e. The molecule has 3 aliphatic rings. The summed E-state index contributed by atoms with van der Waals surface area (Å²) in [7, 11) is 4.75. The average Bonchev–Trinajstić information content (AvgIpc) is 3.36. The van der Waals surface area contributed by atoms with Crippen molar-refractivity contribution in [1.29, 1.82) is 0 Å². The van der Waals surface area contributed by atoms with Crippen molar-refractivity contribution in [3.05, 3.63) is 46.5 Å². The van der Waals surface area contributed by atoms with Crippen LogP contribution in [0.4, 0.5) is 0 Å². The van der Waals surface area contributed by atoms with E-state index in [1.54, 1.807) is 21.3 Å². The normalized spacial score (nSPS) is 21.1. The molecule has 0 radical (unpaired) electrons. The zero-order chi connectivity index (χ0) is 20.1. The van der Waals surface area contributed by atoms with Gasteiger partial charge in [0.1, 0.15) is 0 Å². The second kappa shape index (κ2) is 6.62. The number of rotatable bonds is 4. The standard InChI is InChI=1S/C22H20O7/c1-24-17-8-12-6-13-14(9-27-22(13)23)18(19(12)21(26-3)20(17)25-2)11-4-5-15-16(7-11)29-10-28-15/h4-8,14,18H,9-10H2,1-3H3/t14-,18+/m1/s1. The van der Waals surface area contributed by atoms with Gasteiger partial charge in [-0.25, -0.2) is 4.79 Å². The zero-order valence-corrected chi connectivity index (χ0v) is 16.3. The predicted molar refractivity (Wildman–Crippen MR) is 103 cm³/mol. The molecule has 0 unspecified atom stereocenters. The van der Waals surface area contributed by atoms with Crippen LogP contribution in [0.1, 0.15) is 22.6 Å². The number of hydrogen-bond donors (Lipinski definition) is 0. The number of methoxy groups -OCH3 is 3. The number of carbonyl (C=O) groups excluding carboxylic acids is 1. The molecule has 29 heavy (non-hydrogen) atoms. The molecule has 0 bridgehead atoms. The van der Waals surface area contributed by atoms with Crippen LogP contribution in [0.5, 0.6) is 28.7 Å². The molecule has 0 aromatic heterocycles. The summed E-state index contributed by atoms with van der Waals surface area (Å²) in [6, 6.07) is 7.70. The summed E-state index contributed by atoms with van der Waals surface area (Å²) in [6.45, 7) is 0.505. The summed E-state index contributed by atoms with van der Waals surface area (Å²) in [5.74, 6) is 2.42. The van der Waals surface area contributed by atoms with Gasteiger partial charge in [0.2, 0.25) is 12.5 Å². The number of carbonyl (C=O) groups is 1. The summed E-state index contributed by atoms with van der Waals surface area (Å²) < 4.78 is 33.3. The van der Waals surface area contributed by atoms with Gasteiger partial charge in [0.25, 0.3) is 0 Å². The molecule has 1 saturated heterocycles. The van der Waals surface area contributed by atoms with Crippen molar-refractivity contribution in [2.75, 3.05) is 34.7 Å². The predicted octanol–water partition coefficient (Wildman–Crippen LogP) is 3.14. The molecule has 2 heterocycles. The van der Waals surface area contributed by atoms with Crippen LogP contribution >= 0.6 is 0 Å². The van der Waals surface area contributed by atoms with Gasteiger partial charge in [0, 0.05) is 23.0 Å². The highest BCUT2D eigenvalue weighted by Crippen LogP contribution is 2.54. The third-order valence-corrected chi connectivity index (χ3v) is 5.71. The van der Waals surface area contributed by atoms with Crippen molar-refractivity contribution < 1.29 is 33.2 Å². The minimum Gasteiger partial charge on any atom is -0.493 e. The second-order valence-electron chi connectivity index (χ2n) is 7.04. The van der Waals surface area contributed by atoms with Gasteiger partial charge in [0.15, 0.2) is 23.0 Å². The van der Waals surface area contributed by atoms with Crippen molar-refractivity contribution >= 4 is 12.0 Å². The van der Waals surface area contributed by atoms with Crippen LogP contribution in [0.25, 0.3) is 6.08 Å². The molecule has 150 valence electrons. The van der Waals surface area contributed by atoms with E-state index in [1.165, 1.54) is 0 Å². The van der Waals surface area contributed by atoms with Gasteiger partial charge in [-0.2, -0.15) is 0 Å². The summed E-state index contributed by atoms with van der Waals surface area (Å²) in [5, 5.41) is 0. The molecular weight excluding hydrogens is 376 g/mol. The lowest BCUT2D eigenvalue weighted by Crippen LogP contribution is -2.22. The molecule has 1 aliphatic carbocycles. The third kappa shape index (κ3) is 2.53. The Morgan fingerprint density at radius 1 is 0.931 bits per heavy atom. The maximum atomic E-state index is 12.4. The van der Waals surface area contributed by atoms with Crippen LogP contribution in [0, 0.1) is 5.92 Å². The van der Waals surface area contributed by atoms with Gasteiger partial charge in [-0.15, -0.1) is 0 Å². The lowest BCUT2D eigenvalue weighted by atomic mass is 9.72. The van der Waals surface area contributed by atoms with E-state index >= 15 is 0 Å². The van der Waals surface area contributed by atoms with Crippen molar-refractivity contribution in [2.45, 2.75) is 5.92 Å². The highest BCUT2D eigenvalue weighted by Gasteiger charge is 2.44. The average molecular weight is 396 g/mol. The van der Waals surface area contributed by atoms with Crippen LogP contribution in [0.15, 0.2) is 29.8 Å². The van der Waals surface area contributed by atoms with Crippen molar-refractivity contribution in [2.24, 2.45) is 5.92 Å². The molecule has 5 rings (SSSR count). The van der Waals surface area contributed by atoms with E-state index in [9.17, 15) is 4.79 Å². The molecule has 0 amide bonds. The first-order valence-electron chi connectivity index (χ1n) is 9.27. The SMILES string of the molecule is COc1cc2c(c(OC)c1OC)[C@@H](c1ccc3c(c1)OCO3)[C@@H]1COC(=O)C1=C2. The van der Waals surface area contributed by atoms with Crippen LogP contribution in [0.2, 0.25) is 0 Å². The van der Waals surface area contributed by atoms with Crippen LogP contribution in [0.3, 0.4) is 0 Å². The lowest BCUT2D eigenvalue weighted by molar-refractivity contribution is -0.135. The molecule has 1 fully saturated rings. The molecule has 0 N–H and O–H groups in total. The number of benzene rings is 2. The molecule has 7 nitrogen and oxygen atoms in total. The summed E-state index contributed by atoms with van der Waals surface area (Å²) in [5.41, 5.74) is 3.40. The number of hydrogen-bond acceptors (Lipinski definition) is 7. The Morgan fingerprint density at radius 2 is 1.72 bits per heavy atom. The summed E-state index contributed by atoms with van der Waals surface area (Å²) in [4.78, 5) is 12.4. The molecule has 7 heteroatoms. The quantitative estimate of drug-likeness (QED) is 0.735. The summed E-state index contributed by atoms with van der Waals surface area (Å²) in [6.07, 6.45) is 1.86. The summed E-state index contributed by atoms with van der Waals surface area (Å²) >= 11 is 0. The van der Waals surface area contributed by atoms with Gasteiger partial charge in [-0.1, -0.05) is 6.07 Å². The Morgan fingerprint density at radius 3 is 2.48 bits per heavy atom. The molecule has 2 aliphatic heterocycles. The van der Waals surface area contributed by atoms with E-state index in [0.29, 0.717) is 40.9 Å². The van der Waals surface area contributed by atoms with Gasteiger partial charge in [-0.3, -0.25) is 0 Å². The van der Waals surface area contributed by atoms with Crippen LogP contribution in [-0.4, -0.2) is 40.7 Å². The van der Waals surface area contributed by atoms with E-state index in [2.05, 4.69) is 0 Å². The van der Waals surface area contributed by atoms with Gasteiger partial charge >= 0.3 is 5.97 Å². The van der Waals surface area contributed by atoms with E-state index in [1.807, 2.05) is 30.3 Å². The Balaban J connectivity index is 1.77. The number of cyclic esters (lactones) is 1. The monoisotopic (exact) mass is 396 g/mol. The van der Waals surface area contributed by atoms with E-state index < -0.39 is 0 Å². The minimum absolute atomic E-state index is 0.137. The smallest absolute Gasteiger partial charge is 0.334 e. The maximum Gasteiger partial charge on any atom is 0.334 e. The Bertz CT molecular complexity index is 1040. The van der Waals surface area contributed by atoms with Gasteiger partial charge in [-0.05, 0) is 35.4 Å². The van der Waals surface area contributed by atoms with Gasteiger partial charge < -0.3 is 28.4 Å². The number of fused-ring (bicyclic) bond motifs is 3. The molecule has 2 atom stereocenters. The third-order valence-electron chi connectivity index (χ3n) is 5.71. The highest BCUT2D eigenvalue weighted by molar-refractivity contribution is 5.98. The fourth-order valence-electron chi connectivity index (χ4n) is 4.44. The first-order valence-corrected chi connectivity index (χ1v) is 9.27. The van der Waals surface area contributed by atoms with E-state index in [4.69, 9.17) is 28.4 Å². The maximum absolute atomic E-state index is 12.4. The van der Waals surface area contributed by atoms with Crippen LogP contribution < -0.4 is 23.7 Å². The Hall–Kier alpha value is -3.35. The first-order chi connectivity index (χ1) is 14.2. The topological polar surface area (TPSA) is 72.5 Å². The number of esters is 1. The van der Waals surface area contributed by atoms with E-state index in [-0.39, 0.29) is 24.6 Å². The fraction of sp³-hybridized carbons (Fsp3) is 0.318. The van der Waals surface area contributed by atoms with Crippen LogP contribution in [-0.2, 0) is 9.53 Å². The van der Waals surface area contributed by atoms with Crippen molar-refractivity contribution in [3.63, 3.8) is 0 Å². The molecule has 0 spiro atoms. The van der Waals surface area contributed by atoms with Crippen molar-refractivity contribution in [1.82, 2.24) is 0 Å². The highest BCUT2D eigenvalue weighted by atomic mass is 16.7. The van der Waals surface area contributed by atoms with Gasteiger partial charge in [0.05, 0.1) is 27.9 Å². The van der Waals surface area contributed by atoms with Crippen molar-refractivity contribution in [3.8, 4) is 28.7 Å². The Kier molecular flexibility index (Phi) is 4.04.